The molecule has 1 aliphatic carbocycles. The van der Waals surface area contributed by atoms with E-state index in [-0.39, 0.29) is 46.0 Å². The quantitative estimate of drug-likeness (QED) is 0.0184. The minimum absolute atomic E-state index is 0.107. The number of rotatable bonds is 36. The third-order valence-corrected chi connectivity index (χ3v) is 19.6. The fourth-order valence-corrected chi connectivity index (χ4v) is 14.0. The van der Waals surface area contributed by atoms with Gasteiger partial charge in [0.15, 0.2) is 5.71 Å². The van der Waals surface area contributed by atoms with Crippen molar-refractivity contribution in [2.45, 2.75) is 185 Å². The van der Waals surface area contributed by atoms with E-state index in [2.05, 4.69) is 70.4 Å². The van der Waals surface area contributed by atoms with Gasteiger partial charge in [0.1, 0.15) is 6.54 Å². The van der Waals surface area contributed by atoms with Gasteiger partial charge in [-0.1, -0.05) is 108 Å². The fourth-order valence-electron chi connectivity index (χ4n) is 11.8. The summed E-state index contributed by atoms with van der Waals surface area (Å²) in [5.41, 5.74) is 7.89. The molecule has 6 rings (SSSR count). The molecule has 21 heteroatoms. The van der Waals surface area contributed by atoms with Crippen molar-refractivity contribution in [2.24, 2.45) is 0 Å². The smallest absolute Gasteiger partial charge is 0.294 e. The van der Waals surface area contributed by atoms with Crippen molar-refractivity contribution in [1.29, 1.82) is 0 Å². The van der Waals surface area contributed by atoms with Crippen molar-refractivity contribution in [1.82, 2.24) is 15.5 Å². The zero-order valence-corrected chi connectivity index (χ0v) is 52.7. The van der Waals surface area contributed by atoms with Gasteiger partial charge >= 0.3 is 0 Å². The number of benzene rings is 2. The maximum absolute atomic E-state index is 12.5. The molecule has 3 heterocycles. The summed E-state index contributed by atoms with van der Waals surface area (Å²) in [6.45, 7) is 11.3. The number of thioether (sulfide) groups is 1. The molecule has 83 heavy (non-hydrogen) atoms. The molecule has 0 spiro atoms. The Balaban J connectivity index is 1.06. The van der Waals surface area contributed by atoms with Crippen molar-refractivity contribution < 1.29 is 57.9 Å². The number of unbranched alkanes of at least 4 members (excludes halogenated alkanes) is 14. The molecular formula is C62H90N5O12S4+. The van der Waals surface area contributed by atoms with Gasteiger partial charge in [-0.05, 0) is 125 Å². The Labute approximate surface area is 498 Å². The van der Waals surface area contributed by atoms with Gasteiger partial charge in [0.05, 0.1) is 26.7 Å². The average Bonchev–Trinajstić information content (AvgIpc) is 3.85. The predicted molar refractivity (Wildman–Crippen MR) is 332 cm³/mol. The van der Waals surface area contributed by atoms with Gasteiger partial charge in [0, 0.05) is 85.3 Å². The number of imide groups is 1. The highest BCUT2D eigenvalue weighted by Crippen LogP contribution is 2.49. The van der Waals surface area contributed by atoms with Crippen LogP contribution >= 0.6 is 11.8 Å². The zero-order chi connectivity index (χ0) is 60.4. The summed E-state index contributed by atoms with van der Waals surface area (Å²) < 4.78 is 102. The van der Waals surface area contributed by atoms with Gasteiger partial charge in [-0.15, -0.1) is 11.8 Å². The summed E-state index contributed by atoms with van der Waals surface area (Å²) in [5.74, 6) is -0.966. The van der Waals surface area contributed by atoms with Crippen LogP contribution in [0.4, 0.5) is 11.4 Å². The summed E-state index contributed by atoms with van der Waals surface area (Å²) in [6, 6.07) is 12.8. The molecular weight excluding hydrogens is 1130 g/mol. The van der Waals surface area contributed by atoms with Crippen LogP contribution in [-0.2, 0) is 55.6 Å². The number of fused-ring (bicyclic) bond motifs is 2. The first-order chi connectivity index (χ1) is 39.3. The van der Waals surface area contributed by atoms with Crippen molar-refractivity contribution in [3.8, 4) is 0 Å². The number of para-hydroxylation sites is 1. The monoisotopic (exact) mass is 1220 g/mol. The highest BCUT2D eigenvalue weighted by molar-refractivity contribution is 8.03. The third kappa shape index (κ3) is 19.6. The van der Waals surface area contributed by atoms with Gasteiger partial charge in [-0.3, -0.25) is 32.9 Å². The summed E-state index contributed by atoms with van der Waals surface area (Å²) in [4.78, 5) is 40.5. The van der Waals surface area contributed by atoms with Crippen LogP contribution in [0.25, 0.3) is 0 Å². The second-order valence-electron chi connectivity index (χ2n) is 23.4. The van der Waals surface area contributed by atoms with E-state index in [9.17, 15) is 53.3 Å². The first-order valence-corrected chi connectivity index (χ1v) is 35.7. The van der Waals surface area contributed by atoms with Crippen LogP contribution in [0.1, 0.15) is 180 Å². The molecule has 0 aromatic heterocycles. The largest absolute Gasteiger partial charge is 0.385 e. The van der Waals surface area contributed by atoms with Crippen LogP contribution in [0.3, 0.4) is 0 Å². The van der Waals surface area contributed by atoms with Gasteiger partial charge in [0.25, 0.3) is 42.2 Å². The molecule has 2 aromatic rings. The molecule has 0 saturated heterocycles. The van der Waals surface area contributed by atoms with Crippen molar-refractivity contribution >= 4 is 76.9 Å². The van der Waals surface area contributed by atoms with E-state index in [0.717, 1.165) is 155 Å². The number of allylic oxidation sites excluding steroid dienone is 7. The maximum atomic E-state index is 12.5. The molecule has 3 aliphatic heterocycles. The average molecular weight is 1230 g/mol. The Kier molecular flexibility index (Phi) is 25.1. The lowest BCUT2D eigenvalue weighted by Gasteiger charge is -2.28. The topological polar surface area (TPSA) is 248 Å². The van der Waals surface area contributed by atoms with Crippen LogP contribution in [0.5, 0.6) is 0 Å². The van der Waals surface area contributed by atoms with E-state index in [1.807, 2.05) is 26.0 Å². The number of hydrogen-bond donors (Lipinski definition) is 5. The summed E-state index contributed by atoms with van der Waals surface area (Å²) >= 11 is 1.31. The predicted octanol–water partition coefficient (Wildman–Crippen LogP) is 11.4. The highest BCUT2D eigenvalue weighted by Gasteiger charge is 2.44. The van der Waals surface area contributed by atoms with Crippen LogP contribution in [0.2, 0.25) is 0 Å². The standard InChI is InChI=1S/C62H89N5O12S4/c1-61(2)50-29-17-18-30-52(50)65(40-22-24-43-81(71,72)73)55(61)36-32-47-27-26-28-48(33-37-56-62(3,4)51-45-49(83(77,78)79)34-35-53(51)66(56)41-23-25-44-82(74,75)76)59(47)64-39-20-14-9-7-6-8-12-16-31-57(68)63-38-19-13-10-11-15-21-42-67-58(69)46-54(80-5)60(67)70/h17-18,29-30,32-37,45-46H,6-16,19-28,31,38-44H2,1-5H3,(H4,63,68,71,72,73,74,75,76,77,78,79)/p+1/b48-33+,56-37?. The minimum Gasteiger partial charge on any atom is -0.385 e. The molecule has 2 aromatic carbocycles. The molecule has 0 saturated carbocycles. The minimum atomic E-state index is -4.50. The van der Waals surface area contributed by atoms with Crippen molar-refractivity contribution in [2.75, 3.05) is 55.4 Å². The summed E-state index contributed by atoms with van der Waals surface area (Å²) in [6.07, 6.45) is 30.6. The normalized spacial score (nSPS) is 18.1. The molecule has 17 nitrogen and oxygen atoms in total. The summed E-state index contributed by atoms with van der Waals surface area (Å²) in [5, 5.41) is 6.93. The van der Waals surface area contributed by atoms with E-state index in [1.165, 1.54) is 40.4 Å². The molecule has 3 amide bonds. The third-order valence-electron chi connectivity index (χ3n) is 16.4. The molecule has 0 fully saturated rings. The van der Waals surface area contributed by atoms with Crippen molar-refractivity contribution in [3.05, 3.63) is 111 Å². The lowest BCUT2D eigenvalue weighted by atomic mass is 9.81. The van der Waals surface area contributed by atoms with Gasteiger partial charge < -0.3 is 15.5 Å². The maximum Gasteiger partial charge on any atom is 0.294 e. The van der Waals surface area contributed by atoms with Gasteiger partial charge in [-0.25, -0.2) is 0 Å². The molecule has 0 unspecified atom stereocenters. The Morgan fingerprint density at radius 2 is 1.28 bits per heavy atom. The number of carbonyl (C=O) groups is 3. The molecule has 4 aliphatic rings. The SMILES string of the molecule is CSC1=CC(=O)N(CCCCCCCCNC(=O)CCCCCCCCCCNC2=C(C=CC3=[N+](CCCCS(=O)(=O)O)c4ccccc4C3(C)C)CCC/C2=C\C=C2N(CCCCS(=O)(=O)O)c3ccc(S(=O)(=O)O)cc3C2(C)C)C1=O. The second-order valence-corrected chi connectivity index (χ2v) is 28.8. The second kappa shape index (κ2) is 31.0. The van der Waals surface area contributed by atoms with E-state index < -0.39 is 35.8 Å². The number of amides is 3. The highest BCUT2D eigenvalue weighted by atomic mass is 32.2. The first-order valence-electron chi connectivity index (χ1n) is 29.8. The molecule has 0 radical (unpaired) electrons. The Morgan fingerprint density at radius 3 is 1.93 bits per heavy atom. The number of anilines is 1. The van der Waals surface area contributed by atoms with Crippen molar-refractivity contribution in [3.63, 3.8) is 0 Å². The van der Waals surface area contributed by atoms with Crippen LogP contribution in [0.15, 0.2) is 105 Å². The summed E-state index contributed by atoms with van der Waals surface area (Å²) in [7, 11) is -12.7. The zero-order valence-electron chi connectivity index (χ0n) is 49.4. The fraction of sp³-hybridized carbons (Fsp3) is 0.581. The van der Waals surface area contributed by atoms with Crippen LogP contribution < -0.4 is 15.5 Å². The Morgan fingerprint density at radius 1 is 0.675 bits per heavy atom. The van der Waals surface area contributed by atoms with E-state index in [1.54, 1.807) is 12.3 Å². The first kappa shape index (κ1) is 67.2. The van der Waals surface area contributed by atoms with Gasteiger partial charge in [0.2, 0.25) is 11.6 Å². The van der Waals surface area contributed by atoms with Crippen LogP contribution in [0, 0.1) is 0 Å². The number of nitrogens with zero attached hydrogens (tertiary/aromatic N) is 3. The number of carbonyl (C=O) groups excluding carboxylic acids is 3. The molecule has 0 atom stereocenters. The molecule has 0 bridgehead atoms. The molecule has 458 valence electrons. The van der Waals surface area contributed by atoms with Gasteiger partial charge in [-0.2, -0.15) is 29.8 Å². The Hall–Kier alpha value is -4.90. The lowest BCUT2D eigenvalue weighted by molar-refractivity contribution is -0.438. The van der Waals surface area contributed by atoms with Crippen LogP contribution in [-0.4, -0.2) is 122 Å². The van der Waals surface area contributed by atoms with E-state index in [4.69, 9.17) is 0 Å². The Bertz CT molecular complexity index is 3180. The molecule has 5 N–H and O–H groups in total. The van der Waals surface area contributed by atoms with E-state index >= 15 is 0 Å². The number of nitrogens with one attached hydrogen (secondary N) is 2. The number of hydrogen-bond acceptors (Lipinski definition) is 12. The lowest BCUT2D eigenvalue weighted by Crippen LogP contribution is -2.31. The van der Waals surface area contributed by atoms with E-state index in [0.29, 0.717) is 62.3 Å².